The highest BCUT2D eigenvalue weighted by molar-refractivity contribution is 5.39. The number of benzene rings is 1. The van der Waals surface area contributed by atoms with Crippen LogP contribution in [0.25, 0.3) is 0 Å². The predicted octanol–water partition coefficient (Wildman–Crippen LogP) is 2.09. The molecule has 0 aliphatic carbocycles. The molecule has 2 N–H and O–H groups in total. The fraction of sp³-hybridized carbons (Fsp3) is 0.444. The van der Waals surface area contributed by atoms with Crippen molar-refractivity contribution in [2.24, 2.45) is 0 Å². The van der Waals surface area contributed by atoms with Crippen molar-refractivity contribution in [1.29, 1.82) is 0 Å². The summed E-state index contributed by atoms with van der Waals surface area (Å²) in [5.74, 6) is 0.865. The highest BCUT2D eigenvalue weighted by Crippen LogP contribution is 2.29. The molecule has 5 nitrogen and oxygen atoms in total. The first-order chi connectivity index (χ1) is 11.2. The Morgan fingerprint density at radius 3 is 2.48 bits per heavy atom. The first-order valence-electron chi connectivity index (χ1n) is 8.22. The van der Waals surface area contributed by atoms with E-state index >= 15 is 0 Å². The summed E-state index contributed by atoms with van der Waals surface area (Å²) in [5, 5.41) is 13.5. The van der Waals surface area contributed by atoms with Gasteiger partial charge in [-0.1, -0.05) is 37.3 Å². The SMILES string of the molecule is CC(O)c1nc(N2CCNCC2)ncc1[C@H](C)c1ccccc1. The first kappa shape index (κ1) is 15.9. The van der Waals surface area contributed by atoms with Crippen LogP contribution in [0.3, 0.4) is 0 Å². The minimum Gasteiger partial charge on any atom is -0.387 e. The van der Waals surface area contributed by atoms with E-state index in [9.17, 15) is 5.11 Å². The minimum absolute atomic E-state index is 0.151. The van der Waals surface area contributed by atoms with Crippen molar-refractivity contribution in [2.45, 2.75) is 25.9 Å². The maximum absolute atomic E-state index is 10.2. The second kappa shape index (κ2) is 7.06. The number of hydrogen-bond acceptors (Lipinski definition) is 5. The van der Waals surface area contributed by atoms with E-state index in [2.05, 4.69) is 39.2 Å². The van der Waals surface area contributed by atoms with Gasteiger partial charge in [0.1, 0.15) is 0 Å². The van der Waals surface area contributed by atoms with Gasteiger partial charge >= 0.3 is 0 Å². The molecular weight excluding hydrogens is 288 g/mol. The van der Waals surface area contributed by atoms with E-state index in [0.29, 0.717) is 5.95 Å². The summed E-state index contributed by atoms with van der Waals surface area (Å²) in [6, 6.07) is 10.3. The van der Waals surface area contributed by atoms with Gasteiger partial charge in [-0.25, -0.2) is 9.97 Å². The normalized spacial score (nSPS) is 17.8. The second-order valence-corrected chi connectivity index (χ2v) is 6.06. The molecule has 0 spiro atoms. The zero-order valence-electron chi connectivity index (χ0n) is 13.7. The van der Waals surface area contributed by atoms with Crippen LogP contribution < -0.4 is 10.2 Å². The van der Waals surface area contributed by atoms with Gasteiger partial charge in [0.2, 0.25) is 5.95 Å². The van der Waals surface area contributed by atoms with Crippen molar-refractivity contribution >= 4 is 5.95 Å². The lowest BCUT2D eigenvalue weighted by Gasteiger charge is -2.28. The maximum Gasteiger partial charge on any atom is 0.225 e. The summed E-state index contributed by atoms with van der Waals surface area (Å²) in [6.45, 7) is 7.57. The molecule has 1 saturated heterocycles. The van der Waals surface area contributed by atoms with Gasteiger partial charge in [-0.05, 0) is 12.5 Å². The average molecular weight is 312 g/mol. The van der Waals surface area contributed by atoms with Gasteiger partial charge in [0.05, 0.1) is 11.8 Å². The Bertz CT molecular complexity index is 639. The molecule has 1 aromatic carbocycles. The number of anilines is 1. The van der Waals surface area contributed by atoms with Crippen LogP contribution in [0, 0.1) is 0 Å². The fourth-order valence-electron chi connectivity index (χ4n) is 3.00. The molecule has 1 aromatic heterocycles. The third-order valence-corrected chi connectivity index (χ3v) is 4.40. The molecule has 2 heterocycles. The fourth-order valence-corrected chi connectivity index (χ4v) is 3.00. The molecule has 2 aromatic rings. The highest BCUT2D eigenvalue weighted by Gasteiger charge is 2.21. The van der Waals surface area contributed by atoms with Crippen molar-refractivity contribution in [3.63, 3.8) is 0 Å². The molecule has 1 unspecified atom stereocenters. The number of aliphatic hydroxyl groups excluding tert-OH is 1. The molecule has 23 heavy (non-hydrogen) atoms. The van der Waals surface area contributed by atoms with E-state index in [0.717, 1.165) is 37.4 Å². The Kier molecular flexibility index (Phi) is 4.88. The molecule has 3 rings (SSSR count). The summed E-state index contributed by atoms with van der Waals surface area (Å²) in [5.41, 5.74) is 2.92. The number of nitrogens with one attached hydrogen (secondary N) is 1. The minimum atomic E-state index is -0.610. The Morgan fingerprint density at radius 1 is 1.13 bits per heavy atom. The van der Waals surface area contributed by atoms with E-state index in [1.807, 2.05) is 24.4 Å². The lowest BCUT2D eigenvalue weighted by Crippen LogP contribution is -2.44. The van der Waals surface area contributed by atoms with Crippen LogP contribution >= 0.6 is 0 Å². The van der Waals surface area contributed by atoms with Crippen molar-refractivity contribution in [2.75, 3.05) is 31.1 Å². The molecule has 122 valence electrons. The first-order valence-corrected chi connectivity index (χ1v) is 8.22. The second-order valence-electron chi connectivity index (χ2n) is 6.06. The van der Waals surface area contributed by atoms with E-state index < -0.39 is 6.10 Å². The molecule has 1 aliphatic heterocycles. The molecule has 0 radical (unpaired) electrons. The summed E-state index contributed by atoms with van der Waals surface area (Å²) >= 11 is 0. The van der Waals surface area contributed by atoms with Crippen LogP contribution in [0.2, 0.25) is 0 Å². The van der Waals surface area contributed by atoms with Gasteiger partial charge in [-0.2, -0.15) is 0 Å². The van der Waals surface area contributed by atoms with E-state index in [4.69, 9.17) is 0 Å². The molecule has 0 saturated carbocycles. The van der Waals surface area contributed by atoms with Crippen LogP contribution in [0.5, 0.6) is 0 Å². The third-order valence-electron chi connectivity index (χ3n) is 4.40. The molecule has 1 aliphatic rings. The number of aromatic nitrogens is 2. The van der Waals surface area contributed by atoms with Gasteiger partial charge in [-0.15, -0.1) is 0 Å². The third kappa shape index (κ3) is 3.51. The van der Waals surface area contributed by atoms with Crippen molar-refractivity contribution in [3.8, 4) is 0 Å². The van der Waals surface area contributed by atoms with Crippen LogP contribution in [-0.4, -0.2) is 41.3 Å². The number of nitrogens with zero attached hydrogens (tertiary/aromatic N) is 3. The molecule has 5 heteroatoms. The van der Waals surface area contributed by atoms with Crippen molar-refractivity contribution < 1.29 is 5.11 Å². The quantitative estimate of drug-likeness (QED) is 0.905. The Labute approximate surface area is 137 Å². The smallest absolute Gasteiger partial charge is 0.225 e. The Balaban J connectivity index is 1.94. The van der Waals surface area contributed by atoms with Gasteiger partial charge in [-0.3, -0.25) is 0 Å². The average Bonchev–Trinajstić information content (AvgIpc) is 2.62. The predicted molar refractivity (Wildman–Crippen MR) is 91.7 cm³/mol. The largest absolute Gasteiger partial charge is 0.387 e. The Morgan fingerprint density at radius 2 is 1.83 bits per heavy atom. The summed E-state index contributed by atoms with van der Waals surface area (Å²) in [4.78, 5) is 11.4. The van der Waals surface area contributed by atoms with Gasteiger partial charge in [0, 0.05) is 43.9 Å². The number of piperazine rings is 1. The topological polar surface area (TPSA) is 61.3 Å². The summed E-state index contributed by atoms with van der Waals surface area (Å²) in [7, 11) is 0. The van der Waals surface area contributed by atoms with E-state index in [1.54, 1.807) is 6.92 Å². The van der Waals surface area contributed by atoms with Crippen LogP contribution in [-0.2, 0) is 0 Å². The molecular formula is C18H24N4O. The van der Waals surface area contributed by atoms with Crippen LogP contribution in [0.4, 0.5) is 5.95 Å². The van der Waals surface area contributed by atoms with Crippen LogP contribution in [0.1, 0.15) is 42.7 Å². The maximum atomic E-state index is 10.2. The molecule has 0 bridgehead atoms. The van der Waals surface area contributed by atoms with Crippen molar-refractivity contribution in [3.05, 3.63) is 53.3 Å². The standard InChI is InChI=1S/C18H24N4O/c1-13(15-6-4-3-5-7-15)16-12-20-18(21-17(16)14(2)23)22-10-8-19-9-11-22/h3-7,12-14,19,23H,8-11H2,1-2H3/t13-,14?/m1/s1. The zero-order valence-corrected chi connectivity index (χ0v) is 13.7. The lowest BCUT2D eigenvalue weighted by atomic mass is 9.92. The van der Waals surface area contributed by atoms with Gasteiger partial charge in [0.25, 0.3) is 0 Å². The Hall–Kier alpha value is -1.98. The summed E-state index contributed by atoms with van der Waals surface area (Å²) in [6.07, 6.45) is 1.27. The monoisotopic (exact) mass is 312 g/mol. The van der Waals surface area contributed by atoms with Crippen molar-refractivity contribution in [1.82, 2.24) is 15.3 Å². The summed E-state index contributed by atoms with van der Waals surface area (Å²) < 4.78 is 0. The van der Waals surface area contributed by atoms with Gasteiger partial charge < -0.3 is 15.3 Å². The number of hydrogen-bond donors (Lipinski definition) is 2. The van der Waals surface area contributed by atoms with Crippen LogP contribution in [0.15, 0.2) is 36.5 Å². The van der Waals surface area contributed by atoms with Gasteiger partial charge in [0.15, 0.2) is 0 Å². The number of aliphatic hydroxyl groups is 1. The molecule has 1 fully saturated rings. The zero-order chi connectivity index (χ0) is 16.2. The number of rotatable bonds is 4. The highest BCUT2D eigenvalue weighted by atomic mass is 16.3. The molecule has 0 amide bonds. The lowest BCUT2D eigenvalue weighted by molar-refractivity contribution is 0.192. The van der Waals surface area contributed by atoms with E-state index in [-0.39, 0.29) is 5.92 Å². The molecule has 2 atom stereocenters. The van der Waals surface area contributed by atoms with E-state index in [1.165, 1.54) is 5.56 Å².